The number of hydrogen-bond donors (Lipinski definition) is 2. The number of halogens is 2. The van der Waals surface area contributed by atoms with Crippen molar-refractivity contribution in [1.29, 1.82) is 0 Å². The van der Waals surface area contributed by atoms with Gasteiger partial charge in [0.05, 0.1) is 13.2 Å². The van der Waals surface area contributed by atoms with Gasteiger partial charge in [-0.15, -0.1) is 0 Å². The minimum atomic E-state index is -1.42. The molecule has 0 spiro atoms. The van der Waals surface area contributed by atoms with Crippen molar-refractivity contribution in [2.24, 2.45) is 4.99 Å². The number of nitrogens with zero attached hydrogens (tertiary/aromatic N) is 1. The number of aliphatic hydroxyl groups is 1. The fraction of sp³-hybridized carbons (Fsp3) is 0.333. The molecule has 40 heavy (non-hydrogen) atoms. The predicted octanol–water partition coefficient (Wildman–Crippen LogP) is 4.99. The van der Waals surface area contributed by atoms with Gasteiger partial charge in [-0.3, -0.25) is 4.79 Å². The van der Waals surface area contributed by atoms with Crippen LogP contribution in [0.1, 0.15) is 29.2 Å². The highest BCUT2D eigenvalue weighted by Crippen LogP contribution is 2.45. The molecule has 4 rings (SSSR count). The zero-order valence-electron chi connectivity index (χ0n) is 22.3. The lowest BCUT2D eigenvalue weighted by molar-refractivity contribution is -0.134. The molecule has 1 amide bonds. The van der Waals surface area contributed by atoms with Crippen molar-refractivity contribution in [3.63, 3.8) is 0 Å². The van der Waals surface area contributed by atoms with E-state index in [1.54, 1.807) is 30.3 Å². The van der Waals surface area contributed by atoms with Crippen LogP contribution in [0.3, 0.4) is 0 Å². The summed E-state index contributed by atoms with van der Waals surface area (Å²) in [5, 5.41) is 12.8. The van der Waals surface area contributed by atoms with E-state index in [-0.39, 0.29) is 25.5 Å². The first kappa shape index (κ1) is 29.8. The fourth-order valence-corrected chi connectivity index (χ4v) is 4.98. The lowest BCUT2D eigenvalue weighted by atomic mass is 9.82. The van der Waals surface area contributed by atoms with Crippen molar-refractivity contribution in [2.75, 3.05) is 34.0 Å². The van der Waals surface area contributed by atoms with Crippen LogP contribution in [-0.2, 0) is 25.4 Å². The van der Waals surface area contributed by atoms with Crippen molar-refractivity contribution in [1.82, 2.24) is 5.32 Å². The van der Waals surface area contributed by atoms with Gasteiger partial charge >= 0.3 is 0 Å². The summed E-state index contributed by atoms with van der Waals surface area (Å²) in [5.41, 5.74) is 0.717. The Bertz CT molecular complexity index is 1300. The Kier molecular flexibility index (Phi) is 10.4. The van der Waals surface area contributed by atoms with Crippen LogP contribution in [0.2, 0.25) is 10.0 Å². The number of aliphatic imine (C=N–C) groups is 1. The molecule has 0 unspecified atom stereocenters. The molecule has 0 fully saturated rings. The van der Waals surface area contributed by atoms with E-state index >= 15 is 0 Å². The number of carbonyl (C=O) groups excluding carboxylic acids is 1. The summed E-state index contributed by atoms with van der Waals surface area (Å²) >= 11 is 12.9. The van der Waals surface area contributed by atoms with Gasteiger partial charge in [0.2, 0.25) is 5.90 Å². The second-order valence-corrected chi connectivity index (χ2v) is 10.1. The molecule has 0 aromatic heterocycles. The highest BCUT2D eigenvalue weighted by atomic mass is 35.5. The number of carbonyl (C=O) groups is 1. The molecule has 0 bridgehead atoms. The summed E-state index contributed by atoms with van der Waals surface area (Å²) in [6, 6.07) is 21.9. The standard InChI is InChI=1S/C30H32Cl2N2O6/c1-37-26(38-2)19-33-29(36)30(18-20-7-4-3-5-8-20)27(24-14-11-22(31)17-25(24)32)40-28(34-30)21-9-12-23(13-10-21)39-16-6-15-35/h3-5,7-14,17,26-27,35H,6,15-16,18-19H2,1-2H3,(H,33,36)/t27-,30-/m1/s1. The van der Waals surface area contributed by atoms with E-state index in [0.717, 1.165) is 5.56 Å². The normalized spacial score (nSPS) is 18.4. The van der Waals surface area contributed by atoms with E-state index < -0.39 is 17.9 Å². The summed E-state index contributed by atoms with van der Waals surface area (Å²) in [5.74, 6) is 0.566. The first-order valence-corrected chi connectivity index (χ1v) is 13.6. The Labute approximate surface area is 243 Å². The molecule has 0 aliphatic carbocycles. The van der Waals surface area contributed by atoms with Crippen LogP contribution < -0.4 is 10.1 Å². The van der Waals surface area contributed by atoms with Crippen LogP contribution in [0.25, 0.3) is 0 Å². The quantitative estimate of drug-likeness (QED) is 0.216. The van der Waals surface area contributed by atoms with Gasteiger partial charge in [-0.05, 0) is 42.0 Å². The second-order valence-electron chi connectivity index (χ2n) is 9.23. The molecular formula is C30H32Cl2N2O6. The third kappa shape index (κ3) is 6.95. The van der Waals surface area contributed by atoms with Gasteiger partial charge in [0.1, 0.15) is 5.75 Å². The monoisotopic (exact) mass is 586 g/mol. The van der Waals surface area contributed by atoms with Gasteiger partial charge in [0.15, 0.2) is 17.9 Å². The molecule has 1 heterocycles. The average molecular weight is 588 g/mol. The van der Waals surface area contributed by atoms with Crippen LogP contribution in [0.5, 0.6) is 5.75 Å². The second kappa shape index (κ2) is 14.0. The average Bonchev–Trinajstić information content (AvgIpc) is 3.34. The summed E-state index contributed by atoms with van der Waals surface area (Å²) in [6.45, 7) is 0.557. The van der Waals surface area contributed by atoms with E-state index in [1.165, 1.54) is 14.2 Å². The minimum Gasteiger partial charge on any atom is -0.494 e. The van der Waals surface area contributed by atoms with E-state index in [4.69, 9.17) is 52.2 Å². The van der Waals surface area contributed by atoms with Crippen LogP contribution in [0, 0.1) is 0 Å². The number of methoxy groups -OCH3 is 2. The molecule has 0 saturated carbocycles. The Balaban J connectivity index is 1.78. The largest absolute Gasteiger partial charge is 0.494 e. The molecule has 0 saturated heterocycles. The van der Waals surface area contributed by atoms with Gasteiger partial charge in [0.25, 0.3) is 5.91 Å². The van der Waals surface area contributed by atoms with Crippen LogP contribution in [-0.4, -0.2) is 62.7 Å². The van der Waals surface area contributed by atoms with Crippen molar-refractivity contribution < 1.29 is 28.8 Å². The predicted molar refractivity (Wildman–Crippen MR) is 154 cm³/mol. The molecule has 2 atom stereocenters. The van der Waals surface area contributed by atoms with E-state index in [9.17, 15) is 4.79 Å². The maximum Gasteiger partial charge on any atom is 0.252 e. The molecule has 212 valence electrons. The number of aliphatic hydroxyl groups excluding tert-OH is 1. The van der Waals surface area contributed by atoms with Gasteiger partial charge in [0, 0.05) is 54.8 Å². The van der Waals surface area contributed by atoms with Crippen molar-refractivity contribution in [3.8, 4) is 5.75 Å². The van der Waals surface area contributed by atoms with Gasteiger partial charge in [-0.2, -0.15) is 0 Å². The lowest BCUT2D eigenvalue weighted by Gasteiger charge is -2.31. The Morgan fingerprint density at radius 3 is 2.45 bits per heavy atom. The lowest BCUT2D eigenvalue weighted by Crippen LogP contribution is -2.51. The molecule has 1 aliphatic rings. The summed E-state index contributed by atoms with van der Waals surface area (Å²) in [4.78, 5) is 19.1. The van der Waals surface area contributed by atoms with Crippen molar-refractivity contribution in [3.05, 3.63) is 99.5 Å². The number of nitrogens with one attached hydrogen (secondary N) is 1. The Morgan fingerprint density at radius 2 is 1.80 bits per heavy atom. The number of benzene rings is 3. The number of amides is 1. The first-order valence-electron chi connectivity index (χ1n) is 12.8. The van der Waals surface area contributed by atoms with Crippen LogP contribution in [0.15, 0.2) is 77.8 Å². The Hall–Kier alpha value is -3.14. The molecular weight excluding hydrogens is 555 g/mol. The fourth-order valence-electron chi connectivity index (χ4n) is 4.47. The highest BCUT2D eigenvalue weighted by Gasteiger charge is 2.54. The first-order chi connectivity index (χ1) is 19.4. The van der Waals surface area contributed by atoms with Crippen LogP contribution >= 0.6 is 23.2 Å². The minimum absolute atomic E-state index is 0.0540. The maximum atomic E-state index is 14.1. The third-order valence-electron chi connectivity index (χ3n) is 6.55. The molecule has 3 aromatic rings. The van der Waals surface area contributed by atoms with Crippen molar-refractivity contribution >= 4 is 35.0 Å². The molecule has 8 nitrogen and oxygen atoms in total. The topological polar surface area (TPSA) is 98.6 Å². The highest BCUT2D eigenvalue weighted by molar-refractivity contribution is 6.35. The summed E-state index contributed by atoms with van der Waals surface area (Å²) in [7, 11) is 3.00. The zero-order valence-corrected chi connectivity index (χ0v) is 23.8. The number of hydrogen-bond acceptors (Lipinski definition) is 7. The molecule has 0 radical (unpaired) electrons. The van der Waals surface area contributed by atoms with E-state index in [0.29, 0.717) is 45.8 Å². The third-order valence-corrected chi connectivity index (χ3v) is 7.11. The number of rotatable bonds is 13. The van der Waals surface area contributed by atoms with Crippen molar-refractivity contribution in [2.45, 2.75) is 30.8 Å². The summed E-state index contributed by atoms with van der Waals surface area (Å²) in [6.07, 6.45) is -0.735. The molecule has 10 heteroatoms. The van der Waals surface area contributed by atoms with Gasteiger partial charge in [-0.25, -0.2) is 4.99 Å². The van der Waals surface area contributed by atoms with E-state index in [1.807, 2.05) is 42.5 Å². The molecule has 2 N–H and O–H groups in total. The van der Waals surface area contributed by atoms with E-state index in [2.05, 4.69) is 5.32 Å². The molecule has 3 aromatic carbocycles. The van der Waals surface area contributed by atoms with Gasteiger partial charge in [-0.1, -0.05) is 59.6 Å². The zero-order chi connectivity index (χ0) is 28.5. The molecule has 1 aliphatic heterocycles. The smallest absolute Gasteiger partial charge is 0.252 e. The Morgan fingerprint density at radius 1 is 1.07 bits per heavy atom. The SMILES string of the molecule is COC(CNC(=O)[C@]1(Cc2ccccc2)N=C(c2ccc(OCCCO)cc2)O[C@@H]1c1ccc(Cl)cc1Cl)OC. The van der Waals surface area contributed by atoms with Gasteiger partial charge < -0.3 is 29.4 Å². The number of ether oxygens (including phenoxy) is 4. The summed E-state index contributed by atoms with van der Waals surface area (Å²) < 4.78 is 22.7. The van der Waals surface area contributed by atoms with Crippen LogP contribution in [0.4, 0.5) is 0 Å². The maximum absolute atomic E-state index is 14.1.